The third-order valence-electron chi connectivity index (χ3n) is 6.96. The van der Waals surface area contributed by atoms with E-state index in [1.165, 1.54) is 0 Å². The van der Waals surface area contributed by atoms with Gasteiger partial charge in [-0.3, -0.25) is 4.90 Å². The van der Waals surface area contributed by atoms with Gasteiger partial charge < -0.3 is 28.8 Å². The van der Waals surface area contributed by atoms with Gasteiger partial charge in [0, 0.05) is 19.6 Å². The molecule has 35 heavy (non-hydrogen) atoms. The van der Waals surface area contributed by atoms with Crippen molar-refractivity contribution in [2.45, 2.75) is 110 Å². The zero-order valence-corrected chi connectivity index (χ0v) is 23.2. The Morgan fingerprint density at radius 2 is 1.60 bits per heavy atom. The topological polar surface area (TPSA) is 95.6 Å². The Bertz CT molecular complexity index is 688. The summed E-state index contributed by atoms with van der Waals surface area (Å²) in [6.45, 7) is 19.1. The van der Waals surface area contributed by atoms with Crippen molar-refractivity contribution in [2.75, 3.05) is 39.5 Å². The highest BCUT2D eigenvalue weighted by atomic mass is 16.7. The van der Waals surface area contributed by atoms with Crippen molar-refractivity contribution in [3.8, 4) is 0 Å². The van der Waals surface area contributed by atoms with E-state index in [-0.39, 0.29) is 24.9 Å². The van der Waals surface area contributed by atoms with Crippen molar-refractivity contribution < 1.29 is 33.1 Å². The van der Waals surface area contributed by atoms with Crippen LogP contribution in [0.15, 0.2) is 0 Å². The van der Waals surface area contributed by atoms with E-state index in [9.17, 15) is 9.59 Å². The van der Waals surface area contributed by atoms with Crippen LogP contribution in [0.4, 0.5) is 4.79 Å². The number of esters is 1. The summed E-state index contributed by atoms with van der Waals surface area (Å²) in [5.41, 5.74) is -2.59. The average molecular weight is 498 g/mol. The molecule has 10 heteroatoms. The Kier molecular flexibility index (Phi) is 10.5. The van der Waals surface area contributed by atoms with Gasteiger partial charge in [-0.25, -0.2) is 9.59 Å². The first kappa shape index (κ1) is 29.9. The smallest absolute Gasteiger partial charge is 0.457 e. The van der Waals surface area contributed by atoms with E-state index >= 15 is 0 Å². The van der Waals surface area contributed by atoms with E-state index in [2.05, 4.69) is 10.2 Å². The molecule has 0 saturated carbocycles. The van der Waals surface area contributed by atoms with Gasteiger partial charge in [0.25, 0.3) is 0 Å². The van der Waals surface area contributed by atoms with Crippen LogP contribution in [-0.2, 0) is 28.3 Å². The number of carbonyl (C=O) groups excluding carboxylic acids is 2. The summed E-state index contributed by atoms with van der Waals surface area (Å²) < 4.78 is 28.6. The fraction of sp³-hybridized carbons (Fsp3) is 0.920. The lowest BCUT2D eigenvalue weighted by atomic mass is 9.80. The first-order chi connectivity index (χ1) is 16.2. The van der Waals surface area contributed by atoms with Crippen LogP contribution in [0.25, 0.3) is 0 Å². The molecule has 2 aliphatic heterocycles. The van der Waals surface area contributed by atoms with Crippen LogP contribution >= 0.6 is 0 Å². The van der Waals surface area contributed by atoms with Crippen molar-refractivity contribution in [1.82, 2.24) is 10.2 Å². The van der Waals surface area contributed by atoms with Gasteiger partial charge in [0.2, 0.25) is 0 Å². The Balaban J connectivity index is 2.09. The first-order valence-electron chi connectivity index (χ1n) is 13.0. The third-order valence-corrected chi connectivity index (χ3v) is 6.96. The second-order valence-corrected chi connectivity index (χ2v) is 11.6. The molecule has 0 aliphatic carbocycles. The maximum atomic E-state index is 13.3. The zero-order valence-electron chi connectivity index (χ0n) is 23.2. The number of morpholine rings is 1. The minimum atomic E-state index is -1.17. The van der Waals surface area contributed by atoms with E-state index in [4.69, 9.17) is 23.5 Å². The lowest BCUT2D eigenvalue weighted by molar-refractivity contribution is -0.152. The summed E-state index contributed by atoms with van der Waals surface area (Å²) in [5.74, 6) is -0.422. The van der Waals surface area contributed by atoms with Crippen LogP contribution in [0.2, 0.25) is 6.32 Å². The van der Waals surface area contributed by atoms with Gasteiger partial charge in [-0.2, -0.15) is 0 Å². The molecule has 2 rings (SSSR count). The number of carbonyl (C=O) groups is 2. The lowest BCUT2D eigenvalue weighted by Crippen LogP contribution is -2.58. The minimum Gasteiger partial charge on any atom is -0.464 e. The van der Waals surface area contributed by atoms with Crippen molar-refractivity contribution in [3.63, 3.8) is 0 Å². The van der Waals surface area contributed by atoms with Crippen LogP contribution in [0.3, 0.4) is 0 Å². The summed E-state index contributed by atoms with van der Waals surface area (Å²) >= 11 is 0. The van der Waals surface area contributed by atoms with Gasteiger partial charge in [0.15, 0.2) is 0 Å². The molecule has 2 saturated heterocycles. The maximum absolute atomic E-state index is 13.3. The summed E-state index contributed by atoms with van der Waals surface area (Å²) in [4.78, 5) is 28.3. The number of hydrogen-bond acceptors (Lipinski definition) is 8. The quantitative estimate of drug-likeness (QED) is 0.261. The highest BCUT2D eigenvalue weighted by molar-refractivity contribution is 6.45. The molecule has 2 heterocycles. The number of alkyl carbamates (subject to hydrolysis) is 1. The number of hydrogen-bond donors (Lipinski definition) is 1. The number of amides is 1. The van der Waals surface area contributed by atoms with Gasteiger partial charge in [-0.1, -0.05) is 12.8 Å². The Labute approximate surface area is 212 Å². The normalized spacial score (nSPS) is 21.9. The fourth-order valence-corrected chi connectivity index (χ4v) is 4.27. The average Bonchev–Trinajstić information content (AvgIpc) is 2.95. The Morgan fingerprint density at radius 1 is 1.00 bits per heavy atom. The highest BCUT2D eigenvalue weighted by Gasteiger charge is 2.50. The van der Waals surface area contributed by atoms with Gasteiger partial charge in [-0.15, -0.1) is 0 Å². The second kappa shape index (κ2) is 12.3. The molecule has 1 atom stereocenters. The molecule has 2 fully saturated rings. The predicted octanol–water partition coefficient (Wildman–Crippen LogP) is 3.80. The number of unbranched alkanes of at least 4 members (excludes halogenated alkanes) is 1. The van der Waals surface area contributed by atoms with Gasteiger partial charge in [0.1, 0.15) is 11.1 Å². The summed E-state index contributed by atoms with van der Waals surface area (Å²) in [6, 6.07) is 0. The standard InChI is InChI=1S/C25H47BN2O7/c1-9-32-20(29)25(27-21(30)33-22(2,3)4,13-15-28-16-18-31-19-17-28)12-10-11-14-26-34-23(5,6)24(7,8)35-26/h9-19H2,1-8H3,(H,27,30)/t25-/m1/s1. The monoisotopic (exact) mass is 498 g/mol. The minimum absolute atomic E-state index is 0.238. The SMILES string of the molecule is CCOC(=O)[C@@](CCCCB1OC(C)(C)C(C)(C)O1)(CCN1CCOCC1)NC(=O)OC(C)(C)C. The predicted molar refractivity (Wildman–Crippen MR) is 135 cm³/mol. The molecular formula is C25H47BN2O7. The molecule has 1 N–H and O–H groups in total. The molecule has 0 spiro atoms. The number of ether oxygens (including phenoxy) is 3. The van der Waals surface area contributed by atoms with Crippen molar-refractivity contribution in [3.05, 3.63) is 0 Å². The molecule has 0 bridgehead atoms. The molecule has 9 nitrogen and oxygen atoms in total. The molecule has 0 aromatic carbocycles. The second-order valence-electron chi connectivity index (χ2n) is 11.6. The first-order valence-corrected chi connectivity index (χ1v) is 13.0. The van der Waals surface area contributed by atoms with Crippen molar-refractivity contribution >= 4 is 19.2 Å². The molecule has 0 aromatic rings. The third kappa shape index (κ3) is 8.91. The van der Waals surface area contributed by atoms with E-state index in [1.54, 1.807) is 27.7 Å². The lowest BCUT2D eigenvalue weighted by Gasteiger charge is -2.36. The molecule has 0 radical (unpaired) electrons. The van der Waals surface area contributed by atoms with Crippen LogP contribution in [-0.4, -0.2) is 85.9 Å². The van der Waals surface area contributed by atoms with Gasteiger partial charge >= 0.3 is 19.2 Å². The Morgan fingerprint density at radius 3 is 2.14 bits per heavy atom. The number of nitrogens with one attached hydrogen (secondary N) is 1. The van der Waals surface area contributed by atoms with Gasteiger partial charge in [0.05, 0.1) is 31.0 Å². The summed E-state index contributed by atoms with van der Waals surface area (Å²) in [5, 5.41) is 2.91. The van der Waals surface area contributed by atoms with Crippen LogP contribution in [0.1, 0.15) is 81.1 Å². The van der Waals surface area contributed by atoms with E-state index in [0.29, 0.717) is 45.3 Å². The molecule has 0 unspecified atom stereocenters. The number of nitrogens with zero attached hydrogens (tertiary/aromatic N) is 1. The van der Waals surface area contributed by atoms with Crippen LogP contribution in [0, 0.1) is 0 Å². The fourth-order valence-electron chi connectivity index (χ4n) is 4.27. The molecule has 0 aromatic heterocycles. The maximum Gasteiger partial charge on any atom is 0.457 e. The summed E-state index contributed by atoms with van der Waals surface area (Å²) in [6.07, 6.45) is 2.45. The molecular weight excluding hydrogens is 451 g/mol. The van der Waals surface area contributed by atoms with E-state index in [0.717, 1.165) is 19.5 Å². The zero-order chi connectivity index (χ0) is 26.3. The van der Waals surface area contributed by atoms with Crippen molar-refractivity contribution in [2.24, 2.45) is 0 Å². The summed E-state index contributed by atoms with van der Waals surface area (Å²) in [7, 11) is -0.288. The molecule has 1 amide bonds. The highest BCUT2D eigenvalue weighted by Crippen LogP contribution is 2.38. The molecule has 202 valence electrons. The van der Waals surface area contributed by atoms with E-state index in [1.807, 2.05) is 27.7 Å². The van der Waals surface area contributed by atoms with Crippen LogP contribution < -0.4 is 5.32 Å². The Hall–Kier alpha value is -1.36. The van der Waals surface area contributed by atoms with Gasteiger partial charge in [-0.05, 0) is 74.6 Å². The number of rotatable bonds is 11. The van der Waals surface area contributed by atoms with Crippen molar-refractivity contribution in [1.29, 1.82) is 0 Å². The molecule has 2 aliphatic rings. The largest absolute Gasteiger partial charge is 0.464 e. The van der Waals surface area contributed by atoms with Crippen LogP contribution in [0.5, 0.6) is 0 Å². The van der Waals surface area contributed by atoms with E-state index < -0.39 is 23.2 Å².